The van der Waals surface area contributed by atoms with Crippen LogP contribution in [0.5, 0.6) is 0 Å². The first kappa shape index (κ1) is 17.1. The smallest absolute Gasteiger partial charge is 0.0544 e. The van der Waals surface area contributed by atoms with Gasteiger partial charge in [0.1, 0.15) is 0 Å². The van der Waals surface area contributed by atoms with Crippen LogP contribution in [-0.2, 0) is 13.1 Å². The minimum atomic E-state index is 0.564. The van der Waals surface area contributed by atoms with Crippen molar-refractivity contribution < 1.29 is 0 Å². The average molecular weight is 278 g/mol. The minimum absolute atomic E-state index is 0.564. The molecule has 4 nitrogen and oxygen atoms in total. The van der Waals surface area contributed by atoms with Crippen LogP contribution in [-0.4, -0.2) is 47.5 Å². The summed E-state index contributed by atoms with van der Waals surface area (Å²) < 4.78 is 0. The number of nitrogens with two attached hydrogens (primary N) is 1. The van der Waals surface area contributed by atoms with E-state index in [-0.39, 0.29) is 0 Å². The third-order valence-corrected chi connectivity index (χ3v) is 3.80. The van der Waals surface area contributed by atoms with E-state index in [0.717, 1.165) is 44.0 Å². The molecule has 1 aromatic rings. The van der Waals surface area contributed by atoms with Crippen LogP contribution in [0.4, 0.5) is 0 Å². The van der Waals surface area contributed by atoms with E-state index in [0.29, 0.717) is 6.54 Å². The van der Waals surface area contributed by atoms with E-state index in [1.54, 1.807) is 0 Å². The molecule has 0 bridgehead atoms. The Labute approximate surface area is 124 Å². The third kappa shape index (κ3) is 5.99. The normalized spacial score (nSPS) is 11.5. The van der Waals surface area contributed by atoms with Crippen LogP contribution in [0.15, 0.2) is 18.3 Å². The maximum Gasteiger partial charge on any atom is 0.0544 e. The summed E-state index contributed by atoms with van der Waals surface area (Å²) in [6, 6.07) is 4.17. The van der Waals surface area contributed by atoms with Crippen LogP contribution >= 0.6 is 0 Å². The molecule has 1 heterocycles. The van der Waals surface area contributed by atoms with E-state index in [9.17, 15) is 0 Å². The third-order valence-electron chi connectivity index (χ3n) is 3.80. The van der Waals surface area contributed by atoms with Crippen molar-refractivity contribution in [2.75, 3.05) is 32.7 Å². The van der Waals surface area contributed by atoms with Crippen LogP contribution in [0.25, 0.3) is 0 Å². The quantitative estimate of drug-likeness (QED) is 0.712. The fourth-order valence-electron chi connectivity index (χ4n) is 2.31. The second-order valence-electron chi connectivity index (χ2n) is 5.11. The van der Waals surface area contributed by atoms with Gasteiger partial charge in [-0.05, 0) is 50.8 Å². The predicted octanol–water partition coefficient (Wildman–Crippen LogP) is 2.09. The first-order chi connectivity index (χ1) is 9.73. The molecular formula is C16H30N4. The largest absolute Gasteiger partial charge is 0.326 e. The number of aromatic nitrogens is 1. The van der Waals surface area contributed by atoms with Crippen molar-refractivity contribution in [3.63, 3.8) is 0 Å². The Morgan fingerprint density at radius 3 is 2.15 bits per heavy atom. The highest BCUT2D eigenvalue weighted by Gasteiger charge is 2.06. The van der Waals surface area contributed by atoms with Crippen LogP contribution < -0.4 is 5.73 Å². The van der Waals surface area contributed by atoms with E-state index in [1.807, 2.05) is 6.20 Å². The van der Waals surface area contributed by atoms with Gasteiger partial charge in [0, 0.05) is 19.3 Å². The molecule has 0 amide bonds. The number of pyridine rings is 1. The molecule has 0 saturated heterocycles. The molecule has 0 aliphatic rings. The number of hydrogen-bond donors (Lipinski definition) is 1. The van der Waals surface area contributed by atoms with Gasteiger partial charge in [0.2, 0.25) is 0 Å². The van der Waals surface area contributed by atoms with Gasteiger partial charge in [-0.3, -0.25) is 9.88 Å². The zero-order valence-electron chi connectivity index (χ0n) is 13.3. The Morgan fingerprint density at radius 2 is 1.65 bits per heavy atom. The first-order valence-electron chi connectivity index (χ1n) is 7.82. The summed E-state index contributed by atoms with van der Waals surface area (Å²) in [6.45, 7) is 13.8. The molecule has 1 aromatic heterocycles. The Morgan fingerprint density at radius 1 is 1.00 bits per heavy atom. The first-order valence-corrected chi connectivity index (χ1v) is 7.82. The zero-order valence-corrected chi connectivity index (χ0v) is 13.3. The van der Waals surface area contributed by atoms with Crippen molar-refractivity contribution in [1.29, 1.82) is 0 Å². The maximum absolute atomic E-state index is 5.59. The molecule has 114 valence electrons. The molecule has 0 spiro atoms. The van der Waals surface area contributed by atoms with Gasteiger partial charge in [-0.1, -0.05) is 26.8 Å². The maximum atomic E-state index is 5.59. The highest BCUT2D eigenvalue weighted by molar-refractivity contribution is 5.13. The Balaban J connectivity index is 2.38. The summed E-state index contributed by atoms with van der Waals surface area (Å²) in [5.41, 5.74) is 7.82. The molecule has 2 N–H and O–H groups in total. The van der Waals surface area contributed by atoms with Gasteiger partial charge < -0.3 is 10.6 Å². The van der Waals surface area contributed by atoms with Crippen LogP contribution in [0.3, 0.4) is 0 Å². The highest BCUT2D eigenvalue weighted by atomic mass is 15.1. The minimum Gasteiger partial charge on any atom is -0.326 e. The summed E-state index contributed by atoms with van der Waals surface area (Å²) in [5, 5.41) is 0. The van der Waals surface area contributed by atoms with Gasteiger partial charge in [-0.25, -0.2) is 0 Å². The van der Waals surface area contributed by atoms with Crippen molar-refractivity contribution in [3.8, 4) is 0 Å². The van der Waals surface area contributed by atoms with Gasteiger partial charge >= 0.3 is 0 Å². The molecule has 4 heteroatoms. The molecule has 0 saturated carbocycles. The Hall–Kier alpha value is -0.970. The second kappa shape index (κ2) is 9.86. The Bertz CT molecular complexity index is 346. The lowest BCUT2D eigenvalue weighted by atomic mass is 10.2. The molecule has 0 aliphatic carbocycles. The van der Waals surface area contributed by atoms with Crippen molar-refractivity contribution in [1.82, 2.24) is 14.8 Å². The van der Waals surface area contributed by atoms with Gasteiger partial charge in [0.05, 0.1) is 5.69 Å². The molecule has 1 rings (SSSR count). The van der Waals surface area contributed by atoms with Gasteiger partial charge in [0.15, 0.2) is 0 Å². The molecular weight excluding hydrogens is 248 g/mol. The van der Waals surface area contributed by atoms with Crippen LogP contribution in [0.1, 0.15) is 38.4 Å². The van der Waals surface area contributed by atoms with Crippen molar-refractivity contribution in [2.24, 2.45) is 5.73 Å². The SMILES string of the molecule is CCN(CC)CCCN(CC)Cc1ccc(CN)cn1. The van der Waals surface area contributed by atoms with Gasteiger partial charge in [0.25, 0.3) is 0 Å². The predicted molar refractivity (Wildman–Crippen MR) is 85.5 cm³/mol. The van der Waals surface area contributed by atoms with Crippen molar-refractivity contribution in [3.05, 3.63) is 29.6 Å². The molecule has 0 fully saturated rings. The summed E-state index contributed by atoms with van der Waals surface area (Å²) >= 11 is 0. The second-order valence-corrected chi connectivity index (χ2v) is 5.11. The summed E-state index contributed by atoms with van der Waals surface area (Å²) in [6.07, 6.45) is 3.11. The molecule has 20 heavy (non-hydrogen) atoms. The average Bonchev–Trinajstić information content (AvgIpc) is 2.51. The van der Waals surface area contributed by atoms with E-state index >= 15 is 0 Å². The summed E-state index contributed by atoms with van der Waals surface area (Å²) in [7, 11) is 0. The van der Waals surface area contributed by atoms with Crippen molar-refractivity contribution in [2.45, 2.75) is 40.3 Å². The summed E-state index contributed by atoms with van der Waals surface area (Å²) in [5.74, 6) is 0. The van der Waals surface area contributed by atoms with E-state index < -0.39 is 0 Å². The molecule has 0 aliphatic heterocycles. The molecule has 0 atom stereocenters. The fourth-order valence-corrected chi connectivity index (χ4v) is 2.31. The standard InChI is InChI=1S/C16H30N4/c1-4-19(5-2)10-7-11-20(6-3)14-16-9-8-15(12-17)13-18-16/h8-9,13H,4-7,10-12,14,17H2,1-3H3. The molecule has 0 aromatic carbocycles. The van der Waals surface area contributed by atoms with E-state index in [2.05, 4.69) is 47.7 Å². The number of rotatable bonds is 10. The summed E-state index contributed by atoms with van der Waals surface area (Å²) in [4.78, 5) is 9.41. The lowest BCUT2D eigenvalue weighted by Crippen LogP contribution is -2.30. The fraction of sp³-hybridized carbons (Fsp3) is 0.688. The topological polar surface area (TPSA) is 45.4 Å². The van der Waals surface area contributed by atoms with Gasteiger partial charge in [-0.2, -0.15) is 0 Å². The van der Waals surface area contributed by atoms with Gasteiger partial charge in [-0.15, -0.1) is 0 Å². The van der Waals surface area contributed by atoms with Crippen LogP contribution in [0, 0.1) is 0 Å². The van der Waals surface area contributed by atoms with Crippen molar-refractivity contribution >= 4 is 0 Å². The van der Waals surface area contributed by atoms with Crippen LogP contribution in [0.2, 0.25) is 0 Å². The molecule has 0 unspecified atom stereocenters. The van der Waals surface area contributed by atoms with E-state index in [4.69, 9.17) is 5.73 Å². The number of nitrogens with zero attached hydrogens (tertiary/aromatic N) is 3. The molecule has 0 radical (unpaired) electrons. The monoisotopic (exact) mass is 278 g/mol. The lowest BCUT2D eigenvalue weighted by Gasteiger charge is -2.23. The van der Waals surface area contributed by atoms with E-state index in [1.165, 1.54) is 13.0 Å². The zero-order chi connectivity index (χ0) is 14.8. The highest BCUT2D eigenvalue weighted by Crippen LogP contribution is 2.05. The Kier molecular flexibility index (Phi) is 8.42. The number of hydrogen-bond acceptors (Lipinski definition) is 4. The lowest BCUT2D eigenvalue weighted by molar-refractivity contribution is 0.237.